The van der Waals surface area contributed by atoms with Crippen LogP contribution in [0.15, 0.2) is 18.2 Å². The van der Waals surface area contributed by atoms with E-state index in [1.165, 1.54) is 6.07 Å². The highest BCUT2D eigenvalue weighted by Crippen LogP contribution is 2.39. The Morgan fingerprint density at radius 1 is 1.39 bits per heavy atom. The summed E-state index contributed by atoms with van der Waals surface area (Å²) in [6.07, 6.45) is 3.23. The lowest BCUT2D eigenvalue weighted by molar-refractivity contribution is -0.0565. The molecule has 1 aromatic rings. The maximum Gasteiger partial charge on any atom is 0.145 e. The van der Waals surface area contributed by atoms with Gasteiger partial charge in [0.05, 0.1) is 10.6 Å². The number of aliphatic hydroxyl groups is 1. The lowest BCUT2D eigenvalue weighted by Crippen LogP contribution is -2.43. The van der Waals surface area contributed by atoms with E-state index in [9.17, 15) is 9.50 Å². The normalized spacial score (nSPS) is 32.5. The molecule has 1 saturated carbocycles. The number of benzene rings is 1. The highest BCUT2D eigenvalue weighted by molar-refractivity contribution is 6.30. The molecule has 1 N–H and O–H groups in total. The number of rotatable bonds is 2. The predicted molar refractivity (Wildman–Crippen MR) is 72.2 cm³/mol. The van der Waals surface area contributed by atoms with Gasteiger partial charge in [0.15, 0.2) is 0 Å². The molecule has 2 rings (SSSR count). The van der Waals surface area contributed by atoms with Crippen LogP contribution in [0.2, 0.25) is 5.02 Å². The van der Waals surface area contributed by atoms with Crippen LogP contribution >= 0.6 is 11.6 Å². The molecule has 0 radical (unpaired) electrons. The van der Waals surface area contributed by atoms with Crippen molar-refractivity contribution in [2.24, 2.45) is 11.8 Å². The molecule has 1 aliphatic rings. The van der Waals surface area contributed by atoms with Crippen molar-refractivity contribution in [3.05, 3.63) is 34.6 Å². The minimum absolute atomic E-state index is 0.132. The van der Waals surface area contributed by atoms with Gasteiger partial charge in [0, 0.05) is 6.42 Å². The summed E-state index contributed by atoms with van der Waals surface area (Å²) in [6, 6.07) is 4.99. The van der Waals surface area contributed by atoms with Crippen molar-refractivity contribution >= 4 is 11.6 Å². The molecule has 0 spiro atoms. The van der Waals surface area contributed by atoms with Crippen molar-refractivity contribution < 1.29 is 9.50 Å². The van der Waals surface area contributed by atoms with Crippen LogP contribution < -0.4 is 0 Å². The van der Waals surface area contributed by atoms with Crippen LogP contribution in [0, 0.1) is 17.7 Å². The SMILES string of the molecule is CC1CCC(C)C(O)(Cc2cccc(Cl)c2F)C1. The summed E-state index contributed by atoms with van der Waals surface area (Å²) in [4.78, 5) is 0. The monoisotopic (exact) mass is 270 g/mol. The van der Waals surface area contributed by atoms with Gasteiger partial charge in [-0.25, -0.2) is 4.39 Å². The van der Waals surface area contributed by atoms with Gasteiger partial charge < -0.3 is 5.11 Å². The minimum Gasteiger partial charge on any atom is -0.389 e. The summed E-state index contributed by atoms with van der Waals surface area (Å²) < 4.78 is 13.9. The second-order valence-corrected chi connectivity index (χ2v) is 6.19. The highest BCUT2D eigenvalue weighted by atomic mass is 35.5. The quantitative estimate of drug-likeness (QED) is 0.854. The topological polar surface area (TPSA) is 20.2 Å². The molecule has 0 heterocycles. The largest absolute Gasteiger partial charge is 0.389 e. The third kappa shape index (κ3) is 2.70. The molecule has 3 heteroatoms. The fourth-order valence-corrected chi connectivity index (χ4v) is 3.17. The lowest BCUT2D eigenvalue weighted by atomic mass is 9.69. The Balaban J connectivity index is 2.23. The molecule has 100 valence electrons. The molecule has 1 fully saturated rings. The van der Waals surface area contributed by atoms with E-state index in [0.717, 1.165) is 19.3 Å². The second-order valence-electron chi connectivity index (χ2n) is 5.78. The summed E-state index contributed by atoms with van der Waals surface area (Å²) in [5.41, 5.74) is -0.283. The summed E-state index contributed by atoms with van der Waals surface area (Å²) in [7, 11) is 0. The van der Waals surface area contributed by atoms with E-state index < -0.39 is 11.4 Å². The minimum atomic E-state index is -0.802. The molecule has 0 aromatic heterocycles. The van der Waals surface area contributed by atoms with Crippen LogP contribution in [0.5, 0.6) is 0 Å². The van der Waals surface area contributed by atoms with Crippen LogP contribution in [0.4, 0.5) is 4.39 Å². The first kappa shape index (κ1) is 13.8. The van der Waals surface area contributed by atoms with Gasteiger partial charge in [-0.1, -0.05) is 44.0 Å². The van der Waals surface area contributed by atoms with Crippen LogP contribution in [-0.2, 0) is 6.42 Å². The predicted octanol–water partition coefficient (Wildman–Crippen LogP) is 4.21. The Labute approximate surface area is 113 Å². The standard InChI is InChI=1S/C15H20ClFO/c1-10-6-7-11(2)15(18,8-10)9-12-4-3-5-13(16)14(12)17/h3-5,10-11,18H,6-9H2,1-2H3. The Kier molecular flexibility index (Phi) is 3.98. The zero-order valence-electron chi connectivity index (χ0n) is 10.9. The Morgan fingerprint density at radius 3 is 2.83 bits per heavy atom. The van der Waals surface area contributed by atoms with Crippen molar-refractivity contribution in [1.29, 1.82) is 0 Å². The maximum absolute atomic E-state index is 13.9. The average Bonchev–Trinajstić information content (AvgIpc) is 2.30. The van der Waals surface area contributed by atoms with Crippen LogP contribution in [-0.4, -0.2) is 10.7 Å². The number of hydrogen-bond donors (Lipinski definition) is 1. The number of hydrogen-bond acceptors (Lipinski definition) is 1. The first-order valence-electron chi connectivity index (χ1n) is 6.57. The maximum atomic E-state index is 13.9. The van der Waals surface area contributed by atoms with Gasteiger partial charge in [-0.2, -0.15) is 0 Å². The molecule has 3 atom stereocenters. The molecule has 1 nitrogen and oxygen atoms in total. The summed E-state index contributed by atoms with van der Waals surface area (Å²) in [6.45, 7) is 4.19. The third-order valence-corrected chi connectivity index (χ3v) is 4.53. The van der Waals surface area contributed by atoms with Crippen molar-refractivity contribution in [3.8, 4) is 0 Å². The zero-order chi connectivity index (χ0) is 13.3. The Bertz CT molecular complexity index is 435. The fraction of sp³-hybridized carbons (Fsp3) is 0.600. The fourth-order valence-electron chi connectivity index (χ4n) is 2.97. The van der Waals surface area contributed by atoms with Gasteiger partial charge >= 0.3 is 0 Å². The van der Waals surface area contributed by atoms with E-state index in [1.54, 1.807) is 12.1 Å². The Morgan fingerprint density at radius 2 is 2.11 bits per heavy atom. The summed E-state index contributed by atoms with van der Waals surface area (Å²) in [5.74, 6) is 0.304. The molecular weight excluding hydrogens is 251 g/mol. The van der Waals surface area contributed by atoms with Gasteiger partial charge in [-0.3, -0.25) is 0 Å². The second kappa shape index (κ2) is 5.18. The van der Waals surface area contributed by atoms with Crippen LogP contribution in [0.3, 0.4) is 0 Å². The van der Waals surface area contributed by atoms with E-state index >= 15 is 0 Å². The highest BCUT2D eigenvalue weighted by Gasteiger charge is 2.39. The van der Waals surface area contributed by atoms with Crippen LogP contribution in [0.1, 0.15) is 38.7 Å². The van der Waals surface area contributed by atoms with Crippen LogP contribution in [0.25, 0.3) is 0 Å². The van der Waals surface area contributed by atoms with E-state index in [0.29, 0.717) is 17.9 Å². The van der Waals surface area contributed by atoms with Gasteiger partial charge in [-0.05, 0) is 36.3 Å². The van der Waals surface area contributed by atoms with Gasteiger partial charge in [0.1, 0.15) is 5.82 Å². The van der Waals surface area contributed by atoms with Gasteiger partial charge in [0.2, 0.25) is 0 Å². The van der Waals surface area contributed by atoms with E-state index in [4.69, 9.17) is 11.6 Å². The van der Waals surface area contributed by atoms with Crippen molar-refractivity contribution in [3.63, 3.8) is 0 Å². The third-order valence-electron chi connectivity index (χ3n) is 4.24. The molecule has 0 aliphatic heterocycles. The van der Waals surface area contributed by atoms with E-state index in [1.807, 2.05) is 6.92 Å². The molecule has 0 bridgehead atoms. The lowest BCUT2D eigenvalue weighted by Gasteiger charge is -2.41. The van der Waals surface area contributed by atoms with E-state index in [2.05, 4.69) is 6.92 Å². The first-order chi connectivity index (χ1) is 8.42. The molecule has 3 unspecified atom stereocenters. The van der Waals surface area contributed by atoms with Gasteiger partial charge in [0.25, 0.3) is 0 Å². The van der Waals surface area contributed by atoms with E-state index in [-0.39, 0.29) is 10.9 Å². The molecule has 1 aromatic carbocycles. The molecule has 1 aliphatic carbocycles. The first-order valence-corrected chi connectivity index (χ1v) is 6.95. The average molecular weight is 271 g/mol. The molecule has 18 heavy (non-hydrogen) atoms. The van der Waals surface area contributed by atoms with Crippen molar-refractivity contribution in [2.75, 3.05) is 0 Å². The smallest absolute Gasteiger partial charge is 0.145 e. The summed E-state index contributed by atoms with van der Waals surface area (Å²) in [5, 5.41) is 10.9. The molecule has 0 amide bonds. The number of halogens is 2. The molecule has 0 saturated heterocycles. The van der Waals surface area contributed by atoms with Crippen molar-refractivity contribution in [1.82, 2.24) is 0 Å². The zero-order valence-corrected chi connectivity index (χ0v) is 11.7. The summed E-state index contributed by atoms with van der Waals surface area (Å²) >= 11 is 5.79. The van der Waals surface area contributed by atoms with Gasteiger partial charge in [-0.15, -0.1) is 0 Å². The van der Waals surface area contributed by atoms with Crippen molar-refractivity contribution in [2.45, 2.75) is 45.1 Å². The molecular formula is C15H20ClFO. The Hall–Kier alpha value is -0.600.